The van der Waals surface area contributed by atoms with Crippen LogP contribution in [-0.2, 0) is 4.79 Å². The Morgan fingerprint density at radius 1 is 1.14 bits per heavy atom. The van der Waals surface area contributed by atoms with Crippen LogP contribution in [0.2, 0.25) is 0 Å². The van der Waals surface area contributed by atoms with Crippen molar-refractivity contribution in [2.75, 3.05) is 0 Å². The summed E-state index contributed by atoms with van der Waals surface area (Å²) in [5.41, 5.74) is 1.65. The van der Waals surface area contributed by atoms with Crippen LogP contribution in [0.4, 0.5) is 0 Å². The fraction of sp³-hybridized carbons (Fsp3) is 0.875. The molecule has 4 heteroatoms. The normalized spacial score (nSPS) is 48.8. The van der Waals surface area contributed by atoms with Gasteiger partial charge in [0.2, 0.25) is 0 Å². The van der Waals surface area contributed by atoms with Crippen molar-refractivity contribution in [3.8, 4) is 0 Å². The van der Waals surface area contributed by atoms with Crippen LogP contribution in [0.3, 0.4) is 0 Å². The van der Waals surface area contributed by atoms with Gasteiger partial charge in [0.25, 0.3) is 0 Å². The number of carboxylic acids is 1. The molecule has 0 heterocycles. The quantitative estimate of drug-likeness (QED) is 0.622. The highest BCUT2D eigenvalue weighted by Gasteiger charge is 2.61. The number of fused-ring (bicyclic) bond motifs is 5. The first-order chi connectivity index (χ1) is 13.2. The van der Waals surface area contributed by atoms with Crippen molar-refractivity contribution in [3.05, 3.63) is 11.6 Å². The summed E-state index contributed by atoms with van der Waals surface area (Å²) in [4.78, 5) is 11.0. The lowest BCUT2D eigenvalue weighted by Gasteiger charge is -2.59. The molecule has 4 aliphatic rings. The smallest absolute Gasteiger partial charge is 0.303 e. The van der Waals surface area contributed by atoms with Crippen LogP contribution in [0.1, 0.15) is 78.6 Å². The van der Waals surface area contributed by atoms with Gasteiger partial charge in [-0.25, -0.2) is 0 Å². The summed E-state index contributed by atoms with van der Waals surface area (Å²) in [5.74, 6) is 1.66. The third-order valence-electron chi connectivity index (χ3n) is 9.68. The fourth-order valence-corrected chi connectivity index (χ4v) is 8.16. The lowest BCUT2D eigenvalue weighted by atomic mass is 9.46. The zero-order valence-corrected chi connectivity index (χ0v) is 17.7. The van der Waals surface area contributed by atoms with Crippen molar-refractivity contribution >= 4 is 5.97 Å². The molecule has 3 saturated carbocycles. The maximum absolute atomic E-state index is 11.2. The average molecular weight is 391 g/mol. The molecule has 0 bridgehead atoms. The van der Waals surface area contributed by atoms with E-state index in [0.29, 0.717) is 29.6 Å². The minimum absolute atomic E-state index is 0.136. The second-order valence-corrected chi connectivity index (χ2v) is 10.9. The molecular weight excluding hydrogens is 352 g/mol. The zero-order chi connectivity index (χ0) is 20.3. The molecule has 3 N–H and O–H groups in total. The predicted octanol–water partition coefficient (Wildman–Crippen LogP) is 4.40. The molecule has 0 aromatic carbocycles. The predicted molar refractivity (Wildman–Crippen MR) is 109 cm³/mol. The monoisotopic (exact) mass is 390 g/mol. The summed E-state index contributed by atoms with van der Waals surface area (Å²) < 4.78 is 0. The van der Waals surface area contributed by atoms with Crippen molar-refractivity contribution in [2.45, 2.75) is 90.8 Å². The Labute approximate surface area is 169 Å². The molecule has 4 aliphatic carbocycles. The number of hydrogen-bond acceptors (Lipinski definition) is 3. The van der Waals surface area contributed by atoms with Crippen molar-refractivity contribution in [1.29, 1.82) is 0 Å². The van der Waals surface area contributed by atoms with E-state index in [9.17, 15) is 15.0 Å². The highest BCUT2D eigenvalue weighted by molar-refractivity contribution is 5.66. The van der Waals surface area contributed by atoms with E-state index >= 15 is 0 Å². The molecule has 0 amide bonds. The zero-order valence-electron chi connectivity index (χ0n) is 17.7. The Morgan fingerprint density at radius 3 is 2.61 bits per heavy atom. The van der Waals surface area contributed by atoms with E-state index in [2.05, 4.69) is 26.8 Å². The summed E-state index contributed by atoms with van der Waals surface area (Å²) in [6.45, 7) is 7.06. The average Bonchev–Trinajstić information content (AvgIpc) is 2.98. The Kier molecular flexibility index (Phi) is 5.19. The molecule has 0 radical (unpaired) electrons. The van der Waals surface area contributed by atoms with Gasteiger partial charge in [-0.3, -0.25) is 4.79 Å². The van der Waals surface area contributed by atoms with E-state index in [1.165, 1.54) is 24.8 Å². The molecule has 4 nitrogen and oxygen atoms in total. The molecule has 158 valence electrons. The number of carbonyl (C=O) groups is 1. The first-order valence-electron chi connectivity index (χ1n) is 11.5. The summed E-state index contributed by atoms with van der Waals surface area (Å²) in [7, 11) is 0. The number of rotatable bonds is 4. The minimum atomic E-state index is -0.692. The first-order valence-corrected chi connectivity index (χ1v) is 11.5. The van der Waals surface area contributed by atoms with Crippen LogP contribution in [0.5, 0.6) is 0 Å². The standard InChI is InChI=1S/C24H38O4/c1-14(4-7-21(27)28)17-5-6-18-22-19(9-11-24(17,18)3)23(2)10-8-16(25)12-15(23)13-20(22)26/h13-14,16-20,22,25-26H,4-12H2,1-3H3,(H,27,28)/t14-,16-,17+,18-,19+,20+,22+,23-,24+/m0/s1. The number of aliphatic hydroxyl groups excluding tert-OH is 2. The van der Waals surface area contributed by atoms with Crippen LogP contribution < -0.4 is 0 Å². The van der Waals surface area contributed by atoms with Gasteiger partial charge >= 0.3 is 5.97 Å². The molecular formula is C24H38O4. The molecule has 0 saturated heterocycles. The molecule has 4 rings (SSSR count). The fourth-order valence-electron chi connectivity index (χ4n) is 8.16. The van der Waals surface area contributed by atoms with E-state index in [-0.39, 0.29) is 23.4 Å². The summed E-state index contributed by atoms with van der Waals surface area (Å²) in [6, 6.07) is 0. The maximum Gasteiger partial charge on any atom is 0.303 e. The Hall–Kier alpha value is -0.870. The van der Waals surface area contributed by atoms with Gasteiger partial charge < -0.3 is 15.3 Å². The maximum atomic E-state index is 11.2. The van der Waals surface area contributed by atoms with Crippen molar-refractivity contribution in [1.82, 2.24) is 0 Å². The molecule has 0 unspecified atom stereocenters. The Bertz CT molecular complexity index is 657. The third kappa shape index (κ3) is 3.06. The molecule has 0 aromatic heterocycles. The van der Waals surface area contributed by atoms with Crippen LogP contribution in [-0.4, -0.2) is 33.5 Å². The minimum Gasteiger partial charge on any atom is -0.481 e. The molecule has 0 aromatic rings. The van der Waals surface area contributed by atoms with Gasteiger partial charge in [-0.2, -0.15) is 0 Å². The molecule has 9 atom stereocenters. The van der Waals surface area contributed by atoms with Crippen molar-refractivity contribution in [3.63, 3.8) is 0 Å². The SMILES string of the molecule is C[C@@H](CCC(=O)O)[C@H]1CC[C@H]2[C@H]3[C@H](O)C=C4C[C@@H](O)CC[C@]4(C)[C@@H]3CC[C@]12C. The van der Waals surface area contributed by atoms with E-state index in [1.807, 2.05) is 0 Å². The number of carboxylic acid groups (broad SMARTS) is 1. The van der Waals surface area contributed by atoms with Crippen molar-refractivity contribution in [2.24, 2.45) is 40.4 Å². The van der Waals surface area contributed by atoms with Crippen LogP contribution in [0, 0.1) is 40.4 Å². The number of hydrogen-bond donors (Lipinski definition) is 3. The Morgan fingerprint density at radius 2 is 1.89 bits per heavy atom. The van der Waals surface area contributed by atoms with E-state index < -0.39 is 12.1 Å². The number of aliphatic carboxylic acids is 1. The lowest BCUT2D eigenvalue weighted by molar-refractivity contribution is -0.137. The van der Waals surface area contributed by atoms with E-state index in [4.69, 9.17) is 5.11 Å². The summed E-state index contributed by atoms with van der Waals surface area (Å²) in [6.07, 6.45) is 9.82. The molecule has 0 spiro atoms. The van der Waals surface area contributed by atoms with Crippen LogP contribution in [0.15, 0.2) is 11.6 Å². The van der Waals surface area contributed by atoms with Crippen LogP contribution >= 0.6 is 0 Å². The molecule has 3 fully saturated rings. The largest absolute Gasteiger partial charge is 0.481 e. The third-order valence-corrected chi connectivity index (χ3v) is 9.68. The highest BCUT2D eigenvalue weighted by Crippen LogP contribution is 2.67. The topological polar surface area (TPSA) is 77.8 Å². The van der Waals surface area contributed by atoms with Gasteiger partial charge in [0.1, 0.15) is 0 Å². The van der Waals surface area contributed by atoms with Gasteiger partial charge in [0, 0.05) is 6.42 Å². The van der Waals surface area contributed by atoms with Crippen molar-refractivity contribution < 1.29 is 20.1 Å². The summed E-state index contributed by atoms with van der Waals surface area (Å²) in [5, 5.41) is 30.4. The van der Waals surface area contributed by atoms with Crippen LogP contribution in [0.25, 0.3) is 0 Å². The van der Waals surface area contributed by atoms with Gasteiger partial charge in [-0.15, -0.1) is 0 Å². The Balaban J connectivity index is 1.59. The summed E-state index contributed by atoms with van der Waals surface area (Å²) >= 11 is 0. The molecule has 28 heavy (non-hydrogen) atoms. The number of aliphatic hydroxyl groups is 2. The lowest BCUT2D eigenvalue weighted by Crippen LogP contribution is -2.54. The second-order valence-electron chi connectivity index (χ2n) is 10.9. The van der Waals surface area contributed by atoms with Gasteiger partial charge in [0.15, 0.2) is 0 Å². The first kappa shape index (κ1) is 20.4. The van der Waals surface area contributed by atoms with Gasteiger partial charge in [-0.1, -0.05) is 32.4 Å². The second kappa shape index (κ2) is 7.12. The molecule has 0 aliphatic heterocycles. The highest BCUT2D eigenvalue weighted by atomic mass is 16.4. The van der Waals surface area contributed by atoms with E-state index in [0.717, 1.165) is 32.1 Å². The van der Waals surface area contributed by atoms with E-state index in [1.54, 1.807) is 0 Å². The van der Waals surface area contributed by atoms with Gasteiger partial charge in [-0.05, 0) is 91.8 Å². The van der Waals surface area contributed by atoms with Gasteiger partial charge in [0.05, 0.1) is 12.2 Å².